The molecule has 3 rings (SSSR count). The molecule has 0 aliphatic carbocycles. The highest BCUT2D eigenvalue weighted by atomic mass is 16.5. The average Bonchev–Trinajstić information content (AvgIpc) is 2.53. The predicted octanol–water partition coefficient (Wildman–Crippen LogP) is 2.71. The standard InChI is InChI=1S/C17H16N2O3/c1-11-9-13(10-14(21-2)16(11)22-3)19-15(20)7-6-12-5-4-8-18-17(12)19/h4-10H,1-3H3. The van der Waals surface area contributed by atoms with Gasteiger partial charge in [-0.1, -0.05) is 0 Å². The molecule has 2 aromatic heterocycles. The van der Waals surface area contributed by atoms with Gasteiger partial charge in [0.1, 0.15) is 5.65 Å². The topological polar surface area (TPSA) is 53.4 Å². The molecule has 5 heteroatoms. The van der Waals surface area contributed by atoms with Crippen LogP contribution in [0.1, 0.15) is 5.56 Å². The molecule has 0 spiro atoms. The smallest absolute Gasteiger partial charge is 0.256 e. The van der Waals surface area contributed by atoms with E-state index < -0.39 is 0 Å². The number of aryl methyl sites for hydroxylation is 1. The quantitative estimate of drug-likeness (QED) is 0.745. The van der Waals surface area contributed by atoms with Crippen molar-refractivity contribution in [1.82, 2.24) is 9.55 Å². The van der Waals surface area contributed by atoms with Gasteiger partial charge in [0.2, 0.25) is 0 Å². The number of hydrogen-bond acceptors (Lipinski definition) is 4. The number of hydrogen-bond donors (Lipinski definition) is 0. The van der Waals surface area contributed by atoms with Crippen LogP contribution in [0.5, 0.6) is 11.5 Å². The van der Waals surface area contributed by atoms with E-state index >= 15 is 0 Å². The predicted molar refractivity (Wildman–Crippen MR) is 85.2 cm³/mol. The molecule has 0 unspecified atom stereocenters. The number of aromatic nitrogens is 2. The van der Waals surface area contributed by atoms with E-state index in [0.717, 1.165) is 10.9 Å². The van der Waals surface area contributed by atoms with E-state index in [9.17, 15) is 4.79 Å². The lowest BCUT2D eigenvalue weighted by molar-refractivity contribution is 0.353. The third kappa shape index (κ3) is 2.20. The summed E-state index contributed by atoms with van der Waals surface area (Å²) < 4.78 is 12.3. The van der Waals surface area contributed by atoms with Crippen LogP contribution in [-0.2, 0) is 0 Å². The number of nitrogens with zero attached hydrogens (tertiary/aromatic N) is 2. The number of benzene rings is 1. The van der Waals surface area contributed by atoms with Gasteiger partial charge in [0.25, 0.3) is 5.56 Å². The van der Waals surface area contributed by atoms with Crippen molar-refractivity contribution >= 4 is 11.0 Å². The van der Waals surface area contributed by atoms with Gasteiger partial charge in [-0.25, -0.2) is 4.98 Å². The summed E-state index contributed by atoms with van der Waals surface area (Å²) in [7, 11) is 3.17. The largest absolute Gasteiger partial charge is 0.493 e. The fourth-order valence-electron chi connectivity index (χ4n) is 2.58. The molecule has 0 radical (unpaired) electrons. The molecular weight excluding hydrogens is 280 g/mol. The first-order valence-electron chi connectivity index (χ1n) is 6.85. The molecular formula is C17H16N2O3. The zero-order valence-corrected chi connectivity index (χ0v) is 12.7. The minimum absolute atomic E-state index is 0.141. The second-order valence-corrected chi connectivity index (χ2v) is 4.92. The van der Waals surface area contributed by atoms with Gasteiger partial charge in [0.05, 0.1) is 19.9 Å². The van der Waals surface area contributed by atoms with Crippen molar-refractivity contribution in [1.29, 1.82) is 0 Å². The van der Waals surface area contributed by atoms with E-state index in [0.29, 0.717) is 22.8 Å². The van der Waals surface area contributed by atoms with Crippen molar-refractivity contribution in [3.63, 3.8) is 0 Å². The van der Waals surface area contributed by atoms with E-state index in [1.165, 1.54) is 6.07 Å². The highest BCUT2D eigenvalue weighted by molar-refractivity contribution is 5.76. The van der Waals surface area contributed by atoms with Crippen molar-refractivity contribution in [3.05, 3.63) is 58.5 Å². The summed E-state index contributed by atoms with van der Waals surface area (Å²) in [5.74, 6) is 1.24. The zero-order valence-electron chi connectivity index (χ0n) is 12.7. The Bertz CT molecular complexity index is 900. The molecule has 1 aromatic carbocycles. The van der Waals surface area contributed by atoms with Crippen molar-refractivity contribution in [2.75, 3.05) is 14.2 Å². The van der Waals surface area contributed by atoms with Crippen molar-refractivity contribution in [3.8, 4) is 17.2 Å². The van der Waals surface area contributed by atoms with E-state index in [2.05, 4.69) is 4.98 Å². The third-order valence-corrected chi connectivity index (χ3v) is 3.56. The lowest BCUT2D eigenvalue weighted by atomic mass is 10.1. The SMILES string of the molecule is COc1cc(-n2c(=O)ccc3cccnc32)cc(C)c1OC. The van der Waals surface area contributed by atoms with Gasteiger partial charge in [-0.15, -0.1) is 0 Å². The van der Waals surface area contributed by atoms with Crippen LogP contribution in [0.2, 0.25) is 0 Å². The lowest BCUT2D eigenvalue weighted by Crippen LogP contribution is -2.18. The van der Waals surface area contributed by atoms with Crippen LogP contribution in [-0.4, -0.2) is 23.8 Å². The second kappa shape index (κ2) is 5.52. The highest BCUT2D eigenvalue weighted by Gasteiger charge is 2.13. The fourth-order valence-corrected chi connectivity index (χ4v) is 2.58. The Balaban J connectivity index is 2.35. The number of fused-ring (bicyclic) bond motifs is 1. The van der Waals surface area contributed by atoms with Gasteiger partial charge in [-0.3, -0.25) is 9.36 Å². The monoisotopic (exact) mass is 296 g/mol. The Morgan fingerprint density at radius 3 is 2.64 bits per heavy atom. The molecule has 0 saturated heterocycles. The molecule has 0 aliphatic rings. The zero-order chi connectivity index (χ0) is 15.7. The van der Waals surface area contributed by atoms with Crippen LogP contribution in [0.15, 0.2) is 47.4 Å². The molecule has 5 nitrogen and oxygen atoms in total. The Kier molecular flexibility index (Phi) is 3.55. The van der Waals surface area contributed by atoms with Gasteiger partial charge in [0.15, 0.2) is 11.5 Å². The van der Waals surface area contributed by atoms with Gasteiger partial charge >= 0.3 is 0 Å². The van der Waals surface area contributed by atoms with Crippen LogP contribution >= 0.6 is 0 Å². The number of ether oxygens (including phenoxy) is 2. The molecule has 0 aliphatic heterocycles. The molecule has 22 heavy (non-hydrogen) atoms. The fraction of sp³-hybridized carbons (Fsp3) is 0.176. The Morgan fingerprint density at radius 1 is 1.09 bits per heavy atom. The summed E-state index contributed by atoms with van der Waals surface area (Å²) in [5.41, 5.74) is 2.06. The average molecular weight is 296 g/mol. The Hall–Kier alpha value is -2.82. The maximum absolute atomic E-state index is 12.3. The van der Waals surface area contributed by atoms with Crippen molar-refractivity contribution < 1.29 is 9.47 Å². The van der Waals surface area contributed by atoms with Gasteiger partial charge < -0.3 is 9.47 Å². The maximum atomic E-state index is 12.3. The normalized spacial score (nSPS) is 10.7. The van der Waals surface area contributed by atoms with Crippen LogP contribution in [0.3, 0.4) is 0 Å². The van der Waals surface area contributed by atoms with Crippen LogP contribution in [0.4, 0.5) is 0 Å². The molecule has 0 N–H and O–H groups in total. The number of rotatable bonds is 3. The molecule has 2 heterocycles. The number of methoxy groups -OCH3 is 2. The first kappa shape index (κ1) is 14.1. The summed E-state index contributed by atoms with van der Waals surface area (Å²) >= 11 is 0. The van der Waals surface area contributed by atoms with Gasteiger partial charge in [0, 0.05) is 23.7 Å². The molecule has 0 atom stereocenters. The summed E-state index contributed by atoms with van der Waals surface area (Å²) in [6.07, 6.45) is 1.67. The molecule has 0 bridgehead atoms. The minimum Gasteiger partial charge on any atom is -0.493 e. The summed E-state index contributed by atoms with van der Waals surface area (Å²) in [6.45, 7) is 1.91. The van der Waals surface area contributed by atoms with E-state index in [1.807, 2.05) is 25.1 Å². The minimum atomic E-state index is -0.141. The van der Waals surface area contributed by atoms with Crippen LogP contribution < -0.4 is 15.0 Å². The van der Waals surface area contributed by atoms with Crippen molar-refractivity contribution in [2.24, 2.45) is 0 Å². The van der Waals surface area contributed by atoms with Crippen LogP contribution in [0, 0.1) is 6.92 Å². The van der Waals surface area contributed by atoms with Gasteiger partial charge in [-0.2, -0.15) is 0 Å². The molecule has 112 valence electrons. The molecule has 0 fully saturated rings. The summed E-state index contributed by atoms with van der Waals surface area (Å²) in [6, 6.07) is 10.7. The lowest BCUT2D eigenvalue weighted by Gasteiger charge is -2.15. The van der Waals surface area contributed by atoms with E-state index in [1.54, 1.807) is 37.1 Å². The summed E-state index contributed by atoms with van der Waals surface area (Å²) in [4.78, 5) is 16.7. The molecule has 0 saturated carbocycles. The maximum Gasteiger partial charge on any atom is 0.256 e. The summed E-state index contributed by atoms with van der Waals surface area (Å²) in [5, 5.41) is 0.898. The van der Waals surface area contributed by atoms with E-state index in [-0.39, 0.29) is 5.56 Å². The number of pyridine rings is 2. The Labute approximate surface area is 127 Å². The van der Waals surface area contributed by atoms with Gasteiger partial charge in [-0.05, 0) is 36.8 Å². The first-order chi connectivity index (χ1) is 10.7. The first-order valence-corrected chi connectivity index (χ1v) is 6.85. The molecule has 0 amide bonds. The second-order valence-electron chi connectivity index (χ2n) is 4.92. The van der Waals surface area contributed by atoms with E-state index in [4.69, 9.17) is 9.47 Å². The van der Waals surface area contributed by atoms with Crippen LogP contribution in [0.25, 0.3) is 16.7 Å². The Morgan fingerprint density at radius 2 is 1.91 bits per heavy atom. The third-order valence-electron chi connectivity index (χ3n) is 3.56. The molecule has 3 aromatic rings. The van der Waals surface area contributed by atoms with Crippen molar-refractivity contribution in [2.45, 2.75) is 6.92 Å². The highest BCUT2D eigenvalue weighted by Crippen LogP contribution is 2.33.